The lowest BCUT2D eigenvalue weighted by atomic mass is 9.91. The van der Waals surface area contributed by atoms with Gasteiger partial charge in [-0.3, -0.25) is 9.88 Å². The Balaban J connectivity index is 1.49. The highest BCUT2D eigenvalue weighted by molar-refractivity contribution is 5.44. The van der Waals surface area contributed by atoms with Crippen LogP contribution in [0.3, 0.4) is 0 Å². The molecule has 2 heterocycles. The summed E-state index contributed by atoms with van der Waals surface area (Å²) in [4.78, 5) is 9.23. The van der Waals surface area contributed by atoms with Crippen molar-refractivity contribution in [2.75, 3.05) is 38.2 Å². The van der Waals surface area contributed by atoms with Crippen LogP contribution in [0.4, 0.5) is 5.69 Å². The minimum atomic E-state index is 0.758. The molecule has 0 spiro atoms. The van der Waals surface area contributed by atoms with Gasteiger partial charge in [-0.25, -0.2) is 0 Å². The van der Waals surface area contributed by atoms with Crippen LogP contribution in [0.5, 0.6) is 0 Å². The molecule has 0 amide bonds. The van der Waals surface area contributed by atoms with Gasteiger partial charge in [0, 0.05) is 57.4 Å². The van der Waals surface area contributed by atoms with Gasteiger partial charge in [-0.2, -0.15) is 0 Å². The normalized spacial score (nSPS) is 23.1. The first-order valence-electron chi connectivity index (χ1n) is 7.64. The van der Waals surface area contributed by atoms with E-state index in [1.807, 2.05) is 19.5 Å². The summed E-state index contributed by atoms with van der Waals surface area (Å²) in [5.41, 5.74) is 1.30. The Kier molecular flexibility index (Phi) is 4.53. The first-order chi connectivity index (χ1) is 9.86. The van der Waals surface area contributed by atoms with Gasteiger partial charge in [0.05, 0.1) is 6.10 Å². The summed E-state index contributed by atoms with van der Waals surface area (Å²) in [5, 5.41) is 0. The molecule has 0 atom stereocenters. The molecule has 0 unspecified atom stereocenters. The van der Waals surface area contributed by atoms with Gasteiger partial charge >= 0.3 is 0 Å². The van der Waals surface area contributed by atoms with Crippen LogP contribution in [-0.4, -0.2) is 49.2 Å². The number of methoxy groups -OCH3 is 1. The Morgan fingerprint density at radius 2 is 1.70 bits per heavy atom. The largest absolute Gasteiger partial charge is 0.375 e. The monoisotopic (exact) mass is 274 g/mol. The second-order valence-corrected chi connectivity index (χ2v) is 5.70. The Hall–Kier alpha value is -1.13. The fourth-order valence-corrected chi connectivity index (χ4v) is 3.39. The van der Waals surface area contributed by atoms with E-state index in [1.54, 1.807) is 0 Å². The van der Waals surface area contributed by atoms with Gasteiger partial charge in [0.25, 0.3) is 0 Å². The van der Waals surface area contributed by atoms with Crippen LogP contribution < -0.4 is 4.90 Å². The average molecular weight is 274 g/mol. The Morgan fingerprint density at radius 1 is 1.05 bits per heavy atom. The molecule has 0 N–H and O–H groups in total. The van der Waals surface area contributed by atoms with E-state index in [0.717, 1.165) is 32.0 Å². The maximum Gasteiger partial charge on any atom is 0.0968 e. The van der Waals surface area contributed by atoms with Gasteiger partial charge in [-0.05, 0) is 37.8 Å². The van der Waals surface area contributed by atoms with E-state index in [-0.39, 0.29) is 0 Å². The van der Waals surface area contributed by atoms with E-state index in [4.69, 9.17) is 4.74 Å². The summed E-state index contributed by atoms with van der Waals surface area (Å²) in [6, 6.07) is 4.97. The van der Waals surface area contributed by atoms with Gasteiger partial charge in [-0.15, -0.1) is 0 Å². The van der Waals surface area contributed by atoms with Gasteiger partial charge < -0.3 is 9.64 Å². The van der Waals surface area contributed by atoms with Crippen molar-refractivity contribution in [1.29, 1.82) is 0 Å². The highest BCUT2D eigenvalue weighted by atomic mass is 16.5. The van der Waals surface area contributed by atoms with Crippen LogP contribution in [0.1, 0.15) is 25.7 Å². The maximum atomic E-state index is 5.39. The second kappa shape index (κ2) is 6.55. The Labute approximate surface area is 121 Å². The number of nitrogens with zero attached hydrogens (tertiary/aromatic N) is 3. The molecular weight excluding hydrogens is 250 g/mol. The Morgan fingerprint density at radius 3 is 2.30 bits per heavy atom. The molecule has 4 nitrogen and oxygen atoms in total. The molecule has 109 valence electrons. The average Bonchev–Trinajstić information content (AvgIpc) is 2.56. The number of piperazine rings is 1. The molecule has 3 rings (SSSR count). The number of pyridine rings is 1. The Bertz CT molecular complexity index is 395. The SMILES string of the molecule is CO[C]1CCC(N2CCN(c3ccncc3)CC2)CC1. The summed E-state index contributed by atoms with van der Waals surface area (Å²) in [7, 11) is 1.81. The number of rotatable bonds is 3. The first-order valence-corrected chi connectivity index (χ1v) is 7.64. The van der Waals surface area contributed by atoms with Crippen molar-refractivity contribution in [2.24, 2.45) is 0 Å². The highest BCUT2D eigenvalue weighted by Gasteiger charge is 2.28. The molecule has 2 aliphatic rings. The summed E-state index contributed by atoms with van der Waals surface area (Å²) >= 11 is 0. The van der Waals surface area contributed by atoms with Crippen molar-refractivity contribution in [3.63, 3.8) is 0 Å². The zero-order chi connectivity index (χ0) is 13.8. The van der Waals surface area contributed by atoms with E-state index < -0.39 is 0 Å². The van der Waals surface area contributed by atoms with Crippen LogP contribution in [0.25, 0.3) is 0 Å². The van der Waals surface area contributed by atoms with E-state index in [0.29, 0.717) is 0 Å². The van der Waals surface area contributed by atoms with Crippen LogP contribution in [0.15, 0.2) is 24.5 Å². The van der Waals surface area contributed by atoms with Crippen molar-refractivity contribution < 1.29 is 4.74 Å². The summed E-state index contributed by atoms with van der Waals surface area (Å²) in [5.74, 6) is 0. The molecule has 0 bridgehead atoms. The molecule has 1 saturated heterocycles. The highest BCUT2D eigenvalue weighted by Crippen LogP contribution is 2.30. The quantitative estimate of drug-likeness (QED) is 0.846. The summed E-state index contributed by atoms with van der Waals surface area (Å²) in [6.45, 7) is 4.60. The van der Waals surface area contributed by atoms with Crippen LogP contribution >= 0.6 is 0 Å². The van der Waals surface area contributed by atoms with E-state index in [2.05, 4.69) is 26.9 Å². The van der Waals surface area contributed by atoms with Crippen molar-refractivity contribution in [2.45, 2.75) is 31.7 Å². The van der Waals surface area contributed by atoms with Crippen LogP contribution in [0.2, 0.25) is 0 Å². The number of anilines is 1. The smallest absolute Gasteiger partial charge is 0.0968 e. The fraction of sp³-hybridized carbons (Fsp3) is 0.625. The first kappa shape index (κ1) is 13.8. The standard InChI is InChI=1S/C16H24N3O/c1-20-16-4-2-14(3-5-16)18-10-12-19(13-11-18)15-6-8-17-9-7-15/h6-9,14H,2-5,10-13H2,1H3. The van der Waals surface area contributed by atoms with Crippen LogP contribution in [0, 0.1) is 6.10 Å². The minimum absolute atomic E-state index is 0.758. The third kappa shape index (κ3) is 3.13. The second-order valence-electron chi connectivity index (χ2n) is 5.70. The van der Waals surface area contributed by atoms with Crippen molar-refractivity contribution in [3.05, 3.63) is 30.6 Å². The fourth-order valence-electron chi connectivity index (χ4n) is 3.39. The number of aromatic nitrogens is 1. The van der Waals surface area contributed by atoms with Crippen molar-refractivity contribution in [3.8, 4) is 0 Å². The predicted octanol–water partition coefficient (Wildman–Crippen LogP) is 2.32. The van der Waals surface area contributed by atoms with Crippen LogP contribution in [-0.2, 0) is 4.74 Å². The van der Waals surface area contributed by atoms with Gasteiger partial charge in [-0.1, -0.05) is 0 Å². The zero-order valence-electron chi connectivity index (χ0n) is 12.3. The molecule has 4 heteroatoms. The zero-order valence-corrected chi connectivity index (χ0v) is 12.3. The molecule has 0 aromatic carbocycles. The molecule has 1 aromatic heterocycles. The summed E-state index contributed by atoms with van der Waals surface area (Å²) < 4.78 is 5.39. The number of hydrogen-bond acceptors (Lipinski definition) is 4. The molecule has 1 aliphatic carbocycles. The van der Waals surface area contributed by atoms with Gasteiger partial charge in [0.2, 0.25) is 0 Å². The topological polar surface area (TPSA) is 28.6 Å². The number of hydrogen-bond donors (Lipinski definition) is 0. The van der Waals surface area contributed by atoms with Gasteiger partial charge in [0.15, 0.2) is 0 Å². The molecule has 1 saturated carbocycles. The van der Waals surface area contributed by atoms with E-state index >= 15 is 0 Å². The molecule has 1 aliphatic heterocycles. The molecule has 1 radical (unpaired) electrons. The van der Waals surface area contributed by atoms with Crippen molar-refractivity contribution in [1.82, 2.24) is 9.88 Å². The molecular formula is C16H24N3O. The lowest BCUT2D eigenvalue weighted by Gasteiger charge is -2.42. The van der Waals surface area contributed by atoms with Gasteiger partial charge in [0.1, 0.15) is 0 Å². The summed E-state index contributed by atoms with van der Waals surface area (Å²) in [6.07, 6.45) is 9.86. The minimum Gasteiger partial charge on any atom is -0.375 e. The lowest BCUT2D eigenvalue weighted by Crippen LogP contribution is -2.51. The predicted molar refractivity (Wildman–Crippen MR) is 80.5 cm³/mol. The maximum absolute atomic E-state index is 5.39. The molecule has 2 fully saturated rings. The molecule has 20 heavy (non-hydrogen) atoms. The third-order valence-electron chi connectivity index (χ3n) is 4.66. The van der Waals surface area contributed by atoms with E-state index in [1.165, 1.54) is 37.7 Å². The third-order valence-corrected chi connectivity index (χ3v) is 4.66. The van der Waals surface area contributed by atoms with E-state index in [9.17, 15) is 0 Å². The lowest BCUT2D eigenvalue weighted by molar-refractivity contribution is 0.101. The number of ether oxygens (including phenoxy) is 1. The molecule has 1 aromatic rings. The van der Waals surface area contributed by atoms with Crippen molar-refractivity contribution >= 4 is 5.69 Å².